The molecule has 3 rings (SSSR count). The van der Waals surface area contributed by atoms with E-state index in [2.05, 4.69) is 26.0 Å². The Morgan fingerprint density at radius 1 is 1.24 bits per heavy atom. The van der Waals surface area contributed by atoms with E-state index in [0.717, 1.165) is 11.6 Å². The predicted octanol–water partition coefficient (Wildman–Crippen LogP) is 3.14. The van der Waals surface area contributed by atoms with Gasteiger partial charge in [0, 0.05) is 24.6 Å². The summed E-state index contributed by atoms with van der Waals surface area (Å²) >= 11 is 0. The summed E-state index contributed by atoms with van der Waals surface area (Å²) < 4.78 is 2.25. The molecule has 2 aromatic rings. The number of nitrogens with zero attached hydrogens (tertiary/aromatic N) is 3. The van der Waals surface area contributed by atoms with Gasteiger partial charge in [-0.1, -0.05) is 12.8 Å². The van der Waals surface area contributed by atoms with E-state index >= 15 is 0 Å². The lowest BCUT2D eigenvalue weighted by Crippen LogP contribution is -2.07. The number of anilines is 2. The second-order valence-electron chi connectivity index (χ2n) is 4.46. The van der Waals surface area contributed by atoms with Gasteiger partial charge in [-0.05, 0) is 25.0 Å². The van der Waals surface area contributed by atoms with Gasteiger partial charge in [0.05, 0.1) is 11.9 Å². The highest BCUT2D eigenvalue weighted by Crippen LogP contribution is 2.32. The number of pyridine rings is 1. The third-order valence-corrected chi connectivity index (χ3v) is 3.30. The van der Waals surface area contributed by atoms with Crippen LogP contribution in [0.5, 0.6) is 0 Å². The van der Waals surface area contributed by atoms with E-state index in [1.165, 1.54) is 25.7 Å². The van der Waals surface area contributed by atoms with Crippen molar-refractivity contribution in [3.8, 4) is 0 Å². The van der Waals surface area contributed by atoms with Crippen LogP contribution in [0.15, 0.2) is 36.9 Å². The van der Waals surface area contributed by atoms with Crippen molar-refractivity contribution in [2.75, 3.05) is 5.32 Å². The first-order chi connectivity index (χ1) is 8.43. The van der Waals surface area contributed by atoms with Gasteiger partial charge in [-0.2, -0.15) is 0 Å². The molecule has 17 heavy (non-hydrogen) atoms. The fourth-order valence-electron chi connectivity index (χ4n) is 2.45. The lowest BCUT2D eigenvalue weighted by Gasteiger charge is -2.15. The molecule has 0 unspecified atom stereocenters. The third kappa shape index (κ3) is 2.16. The minimum Gasteiger partial charge on any atom is -0.324 e. The Labute approximate surface area is 101 Å². The van der Waals surface area contributed by atoms with Crippen molar-refractivity contribution >= 4 is 11.6 Å². The molecule has 4 nitrogen and oxygen atoms in total. The highest BCUT2D eigenvalue weighted by atomic mass is 15.2. The Morgan fingerprint density at radius 3 is 2.88 bits per heavy atom. The summed E-state index contributed by atoms with van der Waals surface area (Å²) in [6, 6.07) is 4.53. The summed E-state index contributed by atoms with van der Waals surface area (Å²) in [6.07, 6.45) is 12.7. The maximum absolute atomic E-state index is 4.38. The smallest absolute Gasteiger partial charge is 0.207 e. The van der Waals surface area contributed by atoms with E-state index in [1.54, 1.807) is 6.20 Å². The van der Waals surface area contributed by atoms with Crippen LogP contribution in [-0.4, -0.2) is 14.5 Å². The molecule has 0 aromatic carbocycles. The third-order valence-electron chi connectivity index (χ3n) is 3.30. The van der Waals surface area contributed by atoms with Crippen LogP contribution in [0.25, 0.3) is 0 Å². The van der Waals surface area contributed by atoms with Gasteiger partial charge in [0.25, 0.3) is 0 Å². The Kier molecular flexibility index (Phi) is 2.78. The lowest BCUT2D eigenvalue weighted by molar-refractivity contribution is 0.525. The fourth-order valence-corrected chi connectivity index (χ4v) is 2.45. The van der Waals surface area contributed by atoms with Crippen LogP contribution < -0.4 is 5.32 Å². The Bertz CT molecular complexity index is 471. The van der Waals surface area contributed by atoms with Gasteiger partial charge < -0.3 is 9.88 Å². The van der Waals surface area contributed by atoms with Crippen LogP contribution in [-0.2, 0) is 0 Å². The topological polar surface area (TPSA) is 42.7 Å². The molecule has 1 aliphatic carbocycles. The molecule has 0 spiro atoms. The SMILES string of the molecule is c1cncc(Nc2nccn2C2CCCC2)c1. The molecule has 0 aliphatic heterocycles. The van der Waals surface area contributed by atoms with Gasteiger partial charge in [-0.3, -0.25) is 4.98 Å². The van der Waals surface area contributed by atoms with E-state index in [-0.39, 0.29) is 0 Å². The van der Waals surface area contributed by atoms with Crippen LogP contribution in [0.1, 0.15) is 31.7 Å². The number of hydrogen-bond donors (Lipinski definition) is 1. The first kappa shape index (κ1) is 10.3. The molecule has 4 heteroatoms. The maximum atomic E-state index is 4.38. The van der Waals surface area contributed by atoms with Crippen LogP contribution in [0, 0.1) is 0 Å². The van der Waals surface area contributed by atoms with Crippen molar-refractivity contribution in [2.24, 2.45) is 0 Å². The highest BCUT2D eigenvalue weighted by molar-refractivity contribution is 5.51. The number of imidazole rings is 1. The molecule has 2 heterocycles. The second kappa shape index (κ2) is 4.57. The first-order valence-electron chi connectivity index (χ1n) is 6.13. The Balaban J connectivity index is 1.81. The van der Waals surface area contributed by atoms with Crippen molar-refractivity contribution in [3.05, 3.63) is 36.9 Å². The highest BCUT2D eigenvalue weighted by Gasteiger charge is 2.19. The summed E-state index contributed by atoms with van der Waals surface area (Å²) in [7, 11) is 0. The second-order valence-corrected chi connectivity index (χ2v) is 4.46. The minimum atomic E-state index is 0.608. The monoisotopic (exact) mass is 228 g/mol. The Hall–Kier alpha value is -1.84. The van der Waals surface area contributed by atoms with Crippen molar-refractivity contribution in [1.29, 1.82) is 0 Å². The molecule has 1 N–H and O–H groups in total. The van der Waals surface area contributed by atoms with Crippen molar-refractivity contribution < 1.29 is 0 Å². The quantitative estimate of drug-likeness (QED) is 0.877. The van der Waals surface area contributed by atoms with E-state index in [0.29, 0.717) is 6.04 Å². The number of nitrogens with one attached hydrogen (secondary N) is 1. The molecule has 0 atom stereocenters. The summed E-state index contributed by atoms with van der Waals surface area (Å²) in [5.41, 5.74) is 0.984. The van der Waals surface area contributed by atoms with Crippen molar-refractivity contribution in [2.45, 2.75) is 31.7 Å². The maximum Gasteiger partial charge on any atom is 0.207 e. The molecular formula is C13H16N4. The Morgan fingerprint density at radius 2 is 2.12 bits per heavy atom. The number of rotatable bonds is 3. The minimum absolute atomic E-state index is 0.608. The van der Waals surface area contributed by atoms with E-state index in [1.807, 2.05) is 24.5 Å². The van der Waals surface area contributed by atoms with Crippen LogP contribution in [0.3, 0.4) is 0 Å². The van der Waals surface area contributed by atoms with Gasteiger partial charge in [-0.15, -0.1) is 0 Å². The molecule has 88 valence electrons. The molecule has 1 aliphatic rings. The number of hydrogen-bond acceptors (Lipinski definition) is 3. The predicted molar refractivity (Wildman–Crippen MR) is 67.3 cm³/mol. The summed E-state index contributed by atoms with van der Waals surface area (Å²) in [5, 5.41) is 3.32. The van der Waals surface area contributed by atoms with Gasteiger partial charge in [0.1, 0.15) is 0 Å². The normalized spacial score (nSPS) is 16.2. The summed E-state index contributed by atoms with van der Waals surface area (Å²) in [5.74, 6) is 0.921. The lowest BCUT2D eigenvalue weighted by atomic mass is 10.2. The first-order valence-corrected chi connectivity index (χ1v) is 6.13. The zero-order chi connectivity index (χ0) is 11.5. The van der Waals surface area contributed by atoms with E-state index in [9.17, 15) is 0 Å². The largest absolute Gasteiger partial charge is 0.324 e. The molecule has 2 aromatic heterocycles. The standard InChI is InChI=1S/C13H16N4/c1-2-6-12(5-1)17-9-8-15-13(17)16-11-4-3-7-14-10-11/h3-4,7-10,12H,1-2,5-6H2,(H,15,16). The molecule has 0 bridgehead atoms. The van der Waals surface area contributed by atoms with Crippen molar-refractivity contribution in [3.63, 3.8) is 0 Å². The van der Waals surface area contributed by atoms with Gasteiger partial charge >= 0.3 is 0 Å². The van der Waals surface area contributed by atoms with E-state index in [4.69, 9.17) is 0 Å². The van der Waals surface area contributed by atoms with Gasteiger partial charge in [0.15, 0.2) is 0 Å². The van der Waals surface area contributed by atoms with Crippen LogP contribution in [0.4, 0.5) is 11.6 Å². The van der Waals surface area contributed by atoms with Crippen LogP contribution in [0.2, 0.25) is 0 Å². The van der Waals surface area contributed by atoms with Crippen LogP contribution >= 0.6 is 0 Å². The summed E-state index contributed by atoms with van der Waals surface area (Å²) in [6.45, 7) is 0. The van der Waals surface area contributed by atoms with E-state index < -0.39 is 0 Å². The van der Waals surface area contributed by atoms with Gasteiger partial charge in [-0.25, -0.2) is 4.98 Å². The zero-order valence-electron chi connectivity index (χ0n) is 9.71. The molecular weight excluding hydrogens is 212 g/mol. The zero-order valence-corrected chi connectivity index (χ0v) is 9.71. The molecule has 0 amide bonds. The average molecular weight is 228 g/mol. The molecule has 1 saturated carbocycles. The number of aromatic nitrogens is 3. The van der Waals surface area contributed by atoms with Gasteiger partial charge in [0.2, 0.25) is 5.95 Å². The summed E-state index contributed by atoms with van der Waals surface area (Å²) in [4.78, 5) is 8.47. The molecule has 0 saturated heterocycles. The molecule has 1 fully saturated rings. The van der Waals surface area contributed by atoms with Crippen molar-refractivity contribution in [1.82, 2.24) is 14.5 Å². The fraction of sp³-hybridized carbons (Fsp3) is 0.385. The average Bonchev–Trinajstić information content (AvgIpc) is 3.00. The molecule has 0 radical (unpaired) electrons.